The number of carbonyl (C=O) groups is 1. The standard InChI is InChI=1S/C23H26N4O2/c1-16(2)18-6-8-20(9-7-18)27-23-25-14-19(15-26-23)22(28)24-13-12-17-4-10-21(29-3)11-5-17/h4-11,14-16H,12-13H2,1-3H3,(H,24,28)(H,25,26,27). The zero-order valence-electron chi connectivity index (χ0n) is 17.0. The Morgan fingerprint density at radius 2 is 1.66 bits per heavy atom. The summed E-state index contributed by atoms with van der Waals surface area (Å²) < 4.78 is 5.14. The molecule has 1 amide bonds. The SMILES string of the molecule is COc1ccc(CCNC(=O)c2cnc(Nc3ccc(C(C)C)cc3)nc2)cc1. The highest BCUT2D eigenvalue weighted by Crippen LogP contribution is 2.19. The average molecular weight is 390 g/mol. The molecule has 0 fully saturated rings. The van der Waals surface area contributed by atoms with Crippen molar-refractivity contribution in [3.8, 4) is 5.75 Å². The number of amides is 1. The summed E-state index contributed by atoms with van der Waals surface area (Å²) in [5.74, 6) is 1.57. The minimum Gasteiger partial charge on any atom is -0.497 e. The fourth-order valence-corrected chi connectivity index (χ4v) is 2.80. The van der Waals surface area contributed by atoms with Crippen LogP contribution in [0.1, 0.15) is 41.3 Å². The maximum absolute atomic E-state index is 12.3. The molecule has 0 bridgehead atoms. The van der Waals surface area contributed by atoms with Crippen LogP contribution in [0.15, 0.2) is 60.9 Å². The molecule has 0 aliphatic rings. The van der Waals surface area contributed by atoms with Crippen LogP contribution in [0.2, 0.25) is 0 Å². The predicted octanol–water partition coefficient (Wildman–Crippen LogP) is 4.32. The lowest BCUT2D eigenvalue weighted by Gasteiger charge is -2.09. The lowest BCUT2D eigenvalue weighted by Crippen LogP contribution is -2.26. The fourth-order valence-electron chi connectivity index (χ4n) is 2.80. The Morgan fingerprint density at radius 3 is 2.24 bits per heavy atom. The highest BCUT2D eigenvalue weighted by Gasteiger charge is 2.07. The van der Waals surface area contributed by atoms with Crippen LogP contribution in [-0.4, -0.2) is 29.5 Å². The topological polar surface area (TPSA) is 76.1 Å². The van der Waals surface area contributed by atoms with Crippen LogP contribution >= 0.6 is 0 Å². The molecule has 3 rings (SSSR count). The Balaban J connectivity index is 1.50. The summed E-state index contributed by atoms with van der Waals surface area (Å²) >= 11 is 0. The van der Waals surface area contributed by atoms with Gasteiger partial charge in [0, 0.05) is 24.6 Å². The van der Waals surface area contributed by atoms with Crippen LogP contribution in [0, 0.1) is 0 Å². The molecule has 2 N–H and O–H groups in total. The van der Waals surface area contributed by atoms with E-state index in [1.165, 1.54) is 18.0 Å². The zero-order valence-corrected chi connectivity index (χ0v) is 17.0. The molecule has 0 saturated carbocycles. The number of methoxy groups -OCH3 is 1. The van der Waals surface area contributed by atoms with Crippen LogP contribution in [0.3, 0.4) is 0 Å². The second kappa shape index (κ2) is 9.68. The van der Waals surface area contributed by atoms with Crippen LogP contribution in [0.4, 0.5) is 11.6 Å². The first kappa shape index (κ1) is 20.3. The lowest BCUT2D eigenvalue weighted by molar-refractivity contribution is 0.0953. The van der Waals surface area contributed by atoms with Crippen molar-refractivity contribution in [3.63, 3.8) is 0 Å². The predicted molar refractivity (Wildman–Crippen MR) is 115 cm³/mol. The Morgan fingerprint density at radius 1 is 1.00 bits per heavy atom. The van der Waals surface area contributed by atoms with Gasteiger partial charge in [-0.3, -0.25) is 4.79 Å². The summed E-state index contributed by atoms with van der Waals surface area (Å²) in [6.07, 6.45) is 3.80. The molecule has 0 spiro atoms. The van der Waals surface area contributed by atoms with E-state index in [1.807, 2.05) is 36.4 Å². The summed E-state index contributed by atoms with van der Waals surface area (Å²) in [4.78, 5) is 20.8. The first-order chi connectivity index (χ1) is 14.0. The van der Waals surface area contributed by atoms with Gasteiger partial charge in [0.05, 0.1) is 12.7 Å². The van der Waals surface area contributed by atoms with Crippen molar-refractivity contribution in [1.29, 1.82) is 0 Å². The number of carbonyl (C=O) groups excluding carboxylic acids is 1. The number of benzene rings is 2. The maximum Gasteiger partial charge on any atom is 0.254 e. The molecule has 6 nitrogen and oxygen atoms in total. The van der Waals surface area contributed by atoms with Gasteiger partial charge in [0.2, 0.25) is 5.95 Å². The molecule has 29 heavy (non-hydrogen) atoms. The molecule has 1 aromatic heterocycles. The second-order valence-electron chi connectivity index (χ2n) is 7.05. The number of hydrogen-bond donors (Lipinski definition) is 2. The van der Waals surface area contributed by atoms with Gasteiger partial charge in [-0.25, -0.2) is 9.97 Å². The molecule has 1 heterocycles. The van der Waals surface area contributed by atoms with Gasteiger partial charge in [0.15, 0.2) is 0 Å². The van der Waals surface area contributed by atoms with Crippen molar-refractivity contribution in [2.45, 2.75) is 26.2 Å². The molecule has 0 atom stereocenters. The number of nitrogens with zero attached hydrogens (tertiary/aromatic N) is 2. The van der Waals surface area contributed by atoms with Crippen molar-refractivity contribution in [1.82, 2.24) is 15.3 Å². The Hall–Kier alpha value is -3.41. The number of hydrogen-bond acceptors (Lipinski definition) is 5. The van der Waals surface area contributed by atoms with Crippen LogP contribution in [0.25, 0.3) is 0 Å². The molecule has 6 heteroatoms. The van der Waals surface area contributed by atoms with E-state index >= 15 is 0 Å². The number of aromatic nitrogens is 2. The highest BCUT2D eigenvalue weighted by molar-refractivity contribution is 5.93. The van der Waals surface area contributed by atoms with E-state index in [0.29, 0.717) is 24.0 Å². The van der Waals surface area contributed by atoms with Crippen molar-refractivity contribution in [2.24, 2.45) is 0 Å². The van der Waals surface area contributed by atoms with Crippen molar-refractivity contribution >= 4 is 17.5 Å². The lowest BCUT2D eigenvalue weighted by atomic mass is 10.0. The molecule has 0 radical (unpaired) electrons. The minimum absolute atomic E-state index is 0.189. The van der Waals surface area contributed by atoms with Gasteiger partial charge in [-0.15, -0.1) is 0 Å². The van der Waals surface area contributed by atoms with Crippen molar-refractivity contribution in [2.75, 3.05) is 19.0 Å². The van der Waals surface area contributed by atoms with E-state index in [-0.39, 0.29) is 5.91 Å². The third-order valence-corrected chi connectivity index (χ3v) is 4.61. The number of rotatable bonds is 8. The molecule has 150 valence electrons. The maximum atomic E-state index is 12.3. The van der Waals surface area contributed by atoms with Gasteiger partial charge in [-0.05, 0) is 47.7 Å². The van der Waals surface area contributed by atoms with E-state index in [1.54, 1.807) is 7.11 Å². The van der Waals surface area contributed by atoms with E-state index in [9.17, 15) is 4.79 Å². The van der Waals surface area contributed by atoms with E-state index in [4.69, 9.17) is 4.74 Å². The number of ether oxygens (including phenoxy) is 1. The van der Waals surface area contributed by atoms with Gasteiger partial charge in [-0.1, -0.05) is 38.1 Å². The number of nitrogens with one attached hydrogen (secondary N) is 2. The van der Waals surface area contributed by atoms with Crippen molar-refractivity contribution < 1.29 is 9.53 Å². The summed E-state index contributed by atoms with van der Waals surface area (Å²) in [5.41, 5.74) is 3.75. The average Bonchev–Trinajstić information content (AvgIpc) is 2.75. The van der Waals surface area contributed by atoms with Crippen LogP contribution in [-0.2, 0) is 6.42 Å². The van der Waals surface area contributed by atoms with Crippen LogP contribution in [0.5, 0.6) is 5.75 Å². The molecule has 3 aromatic rings. The molecule has 0 saturated heterocycles. The Kier molecular flexibility index (Phi) is 6.79. The summed E-state index contributed by atoms with van der Waals surface area (Å²) in [5, 5.41) is 6.04. The first-order valence-electron chi connectivity index (χ1n) is 9.65. The third kappa shape index (κ3) is 5.78. The third-order valence-electron chi connectivity index (χ3n) is 4.61. The summed E-state index contributed by atoms with van der Waals surface area (Å²) in [6.45, 7) is 4.85. The summed E-state index contributed by atoms with van der Waals surface area (Å²) in [6, 6.07) is 16.0. The first-order valence-corrected chi connectivity index (χ1v) is 9.65. The Bertz CT molecular complexity index is 921. The van der Waals surface area contributed by atoms with Gasteiger partial charge in [-0.2, -0.15) is 0 Å². The normalized spacial score (nSPS) is 10.6. The van der Waals surface area contributed by atoms with Gasteiger partial charge >= 0.3 is 0 Å². The molecule has 0 unspecified atom stereocenters. The van der Waals surface area contributed by atoms with E-state index < -0.39 is 0 Å². The second-order valence-corrected chi connectivity index (χ2v) is 7.05. The molecular weight excluding hydrogens is 364 g/mol. The van der Waals surface area contributed by atoms with Gasteiger partial charge in [0.25, 0.3) is 5.91 Å². The quantitative estimate of drug-likeness (QED) is 0.599. The van der Waals surface area contributed by atoms with E-state index in [0.717, 1.165) is 23.4 Å². The zero-order chi connectivity index (χ0) is 20.6. The molecule has 2 aromatic carbocycles. The van der Waals surface area contributed by atoms with Gasteiger partial charge < -0.3 is 15.4 Å². The molecular formula is C23H26N4O2. The van der Waals surface area contributed by atoms with Crippen molar-refractivity contribution in [3.05, 3.63) is 77.6 Å². The molecule has 0 aliphatic heterocycles. The van der Waals surface area contributed by atoms with E-state index in [2.05, 4.69) is 46.6 Å². The van der Waals surface area contributed by atoms with Gasteiger partial charge in [0.1, 0.15) is 5.75 Å². The van der Waals surface area contributed by atoms with Crippen LogP contribution < -0.4 is 15.4 Å². The minimum atomic E-state index is -0.189. The smallest absolute Gasteiger partial charge is 0.254 e. The Labute approximate surface area is 171 Å². The number of anilines is 2. The monoisotopic (exact) mass is 390 g/mol. The molecule has 0 aliphatic carbocycles. The highest BCUT2D eigenvalue weighted by atomic mass is 16.5. The fraction of sp³-hybridized carbons (Fsp3) is 0.261. The summed E-state index contributed by atoms with van der Waals surface area (Å²) in [7, 11) is 1.64. The largest absolute Gasteiger partial charge is 0.497 e.